The second kappa shape index (κ2) is 6.14. The minimum atomic E-state index is -0.637. The average Bonchev–Trinajstić information content (AvgIpc) is 2.48. The number of benzene rings is 2. The summed E-state index contributed by atoms with van der Waals surface area (Å²) in [6, 6.07) is 9.74. The first-order valence-electron chi connectivity index (χ1n) is 6.08. The molecule has 2 aromatic carbocycles. The van der Waals surface area contributed by atoms with Gasteiger partial charge in [0, 0.05) is 18.2 Å². The summed E-state index contributed by atoms with van der Waals surface area (Å²) < 4.78 is 23.6. The van der Waals surface area contributed by atoms with Gasteiger partial charge in [0.05, 0.1) is 19.9 Å². The number of phenolic OH excluding ortho intramolecular Hbond substituents is 1. The Kier molecular flexibility index (Phi) is 4.30. The highest BCUT2D eigenvalue weighted by atomic mass is 19.1. The van der Waals surface area contributed by atoms with Crippen LogP contribution in [0.1, 0.15) is 5.56 Å². The van der Waals surface area contributed by atoms with Crippen molar-refractivity contribution in [3.8, 4) is 17.2 Å². The first-order chi connectivity index (χ1) is 9.65. The van der Waals surface area contributed by atoms with E-state index in [2.05, 4.69) is 5.32 Å². The van der Waals surface area contributed by atoms with Crippen LogP contribution >= 0.6 is 0 Å². The SMILES string of the molecule is COc1ccc(OC)c(NCc2cccc(F)c2O)c1. The van der Waals surface area contributed by atoms with E-state index >= 15 is 0 Å². The van der Waals surface area contributed by atoms with Gasteiger partial charge in [-0.15, -0.1) is 0 Å². The minimum Gasteiger partial charge on any atom is -0.505 e. The van der Waals surface area contributed by atoms with Crippen LogP contribution in [-0.2, 0) is 6.54 Å². The largest absolute Gasteiger partial charge is 0.505 e. The van der Waals surface area contributed by atoms with Gasteiger partial charge >= 0.3 is 0 Å². The van der Waals surface area contributed by atoms with E-state index in [1.54, 1.807) is 44.6 Å². The number of rotatable bonds is 5. The van der Waals surface area contributed by atoms with Crippen molar-refractivity contribution in [2.75, 3.05) is 19.5 Å². The third-order valence-electron chi connectivity index (χ3n) is 2.95. The van der Waals surface area contributed by atoms with Gasteiger partial charge in [-0.05, 0) is 18.2 Å². The Morgan fingerprint density at radius 1 is 1.15 bits per heavy atom. The van der Waals surface area contributed by atoms with Crippen LogP contribution in [-0.4, -0.2) is 19.3 Å². The summed E-state index contributed by atoms with van der Waals surface area (Å²) in [5.74, 6) is 0.335. The molecule has 0 aliphatic heterocycles. The van der Waals surface area contributed by atoms with E-state index in [-0.39, 0.29) is 12.3 Å². The van der Waals surface area contributed by atoms with Crippen LogP contribution in [0.5, 0.6) is 17.2 Å². The molecule has 0 bridgehead atoms. The van der Waals surface area contributed by atoms with Gasteiger partial charge < -0.3 is 19.9 Å². The fourth-order valence-corrected chi connectivity index (χ4v) is 1.85. The third kappa shape index (κ3) is 2.93. The highest BCUT2D eigenvalue weighted by molar-refractivity contribution is 5.60. The van der Waals surface area contributed by atoms with Gasteiger partial charge in [0.15, 0.2) is 11.6 Å². The summed E-state index contributed by atoms with van der Waals surface area (Å²) in [5.41, 5.74) is 1.17. The number of hydrogen-bond donors (Lipinski definition) is 2. The van der Waals surface area contributed by atoms with Crippen LogP contribution < -0.4 is 14.8 Å². The van der Waals surface area contributed by atoms with E-state index in [0.29, 0.717) is 22.7 Å². The molecule has 20 heavy (non-hydrogen) atoms. The summed E-state index contributed by atoms with van der Waals surface area (Å²) >= 11 is 0. The van der Waals surface area contributed by atoms with Gasteiger partial charge in [0.1, 0.15) is 11.5 Å². The predicted octanol–water partition coefficient (Wildman–Crippen LogP) is 3.16. The van der Waals surface area contributed by atoms with E-state index in [9.17, 15) is 9.50 Å². The number of nitrogens with one attached hydrogen (secondary N) is 1. The van der Waals surface area contributed by atoms with E-state index in [1.807, 2.05) is 0 Å². The van der Waals surface area contributed by atoms with Crippen molar-refractivity contribution < 1.29 is 19.0 Å². The lowest BCUT2D eigenvalue weighted by atomic mass is 10.2. The van der Waals surface area contributed by atoms with Crippen molar-refractivity contribution in [3.05, 3.63) is 47.8 Å². The van der Waals surface area contributed by atoms with Crippen molar-refractivity contribution in [1.29, 1.82) is 0 Å². The van der Waals surface area contributed by atoms with Gasteiger partial charge in [-0.25, -0.2) is 4.39 Å². The molecule has 0 saturated heterocycles. The standard InChI is InChI=1S/C15H16FNO3/c1-19-11-6-7-14(20-2)13(8-11)17-9-10-4-3-5-12(16)15(10)18/h3-8,17-18H,9H2,1-2H3. The van der Waals surface area contributed by atoms with Crippen LogP contribution in [0.2, 0.25) is 0 Å². The maximum absolute atomic E-state index is 13.2. The highest BCUT2D eigenvalue weighted by Gasteiger charge is 2.08. The maximum Gasteiger partial charge on any atom is 0.165 e. The molecule has 0 heterocycles. The van der Waals surface area contributed by atoms with Crippen molar-refractivity contribution in [1.82, 2.24) is 0 Å². The maximum atomic E-state index is 13.2. The Labute approximate surface area is 116 Å². The van der Waals surface area contributed by atoms with Gasteiger partial charge in [-0.2, -0.15) is 0 Å². The second-order valence-corrected chi connectivity index (χ2v) is 4.17. The Morgan fingerprint density at radius 3 is 2.65 bits per heavy atom. The van der Waals surface area contributed by atoms with E-state index in [1.165, 1.54) is 6.07 Å². The monoisotopic (exact) mass is 277 g/mol. The fourth-order valence-electron chi connectivity index (χ4n) is 1.85. The summed E-state index contributed by atoms with van der Waals surface area (Å²) in [5, 5.41) is 12.7. The Hall–Kier alpha value is -2.43. The van der Waals surface area contributed by atoms with Gasteiger partial charge in [0.2, 0.25) is 0 Å². The van der Waals surface area contributed by atoms with Crippen LogP contribution in [0, 0.1) is 5.82 Å². The number of phenols is 1. The molecule has 0 amide bonds. The van der Waals surface area contributed by atoms with Crippen LogP contribution in [0.25, 0.3) is 0 Å². The van der Waals surface area contributed by atoms with Crippen molar-refractivity contribution in [2.24, 2.45) is 0 Å². The van der Waals surface area contributed by atoms with Crippen LogP contribution in [0.4, 0.5) is 10.1 Å². The number of ether oxygens (including phenoxy) is 2. The molecule has 2 aromatic rings. The van der Waals surface area contributed by atoms with E-state index in [4.69, 9.17) is 9.47 Å². The molecule has 106 valence electrons. The number of aromatic hydroxyl groups is 1. The summed E-state index contributed by atoms with van der Waals surface area (Å²) in [7, 11) is 3.14. The molecule has 0 spiro atoms. The lowest BCUT2D eigenvalue weighted by Crippen LogP contribution is -2.02. The molecule has 0 atom stereocenters. The third-order valence-corrected chi connectivity index (χ3v) is 2.95. The molecule has 0 radical (unpaired) electrons. The van der Waals surface area contributed by atoms with Crippen molar-refractivity contribution in [2.45, 2.75) is 6.54 Å². The summed E-state index contributed by atoms with van der Waals surface area (Å²) in [6.45, 7) is 0.271. The Balaban J connectivity index is 2.19. The molecule has 0 aliphatic rings. The van der Waals surface area contributed by atoms with Gasteiger partial charge in [-0.3, -0.25) is 0 Å². The lowest BCUT2D eigenvalue weighted by Gasteiger charge is -2.13. The number of para-hydroxylation sites is 1. The lowest BCUT2D eigenvalue weighted by molar-refractivity contribution is 0.404. The van der Waals surface area contributed by atoms with Crippen molar-refractivity contribution >= 4 is 5.69 Å². The summed E-state index contributed by atoms with van der Waals surface area (Å²) in [6.07, 6.45) is 0. The number of halogens is 1. The molecule has 0 aliphatic carbocycles. The molecular weight excluding hydrogens is 261 g/mol. The molecule has 0 fully saturated rings. The van der Waals surface area contributed by atoms with E-state index in [0.717, 1.165) is 0 Å². The highest BCUT2D eigenvalue weighted by Crippen LogP contribution is 2.30. The zero-order valence-corrected chi connectivity index (χ0v) is 11.3. The van der Waals surface area contributed by atoms with E-state index < -0.39 is 5.82 Å². The fraction of sp³-hybridized carbons (Fsp3) is 0.200. The molecule has 5 heteroatoms. The minimum absolute atomic E-state index is 0.271. The number of methoxy groups -OCH3 is 2. The molecule has 0 saturated carbocycles. The van der Waals surface area contributed by atoms with Gasteiger partial charge in [-0.1, -0.05) is 12.1 Å². The van der Waals surface area contributed by atoms with Crippen molar-refractivity contribution in [3.63, 3.8) is 0 Å². The zero-order chi connectivity index (χ0) is 14.5. The molecule has 0 unspecified atom stereocenters. The average molecular weight is 277 g/mol. The molecule has 2 N–H and O–H groups in total. The van der Waals surface area contributed by atoms with Crippen LogP contribution in [0.15, 0.2) is 36.4 Å². The Bertz CT molecular complexity index is 602. The summed E-state index contributed by atoms with van der Waals surface area (Å²) in [4.78, 5) is 0. The quantitative estimate of drug-likeness (QED) is 0.881. The molecule has 2 rings (SSSR count). The first-order valence-corrected chi connectivity index (χ1v) is 6.08. The van der Waals surface area contributed by atoms with Gasteiger partial charge in [0.25, 0.3) is 0 Å². The molecular formula is C15H16FNO3. The predicted molar refractivity (Wildman–Crippen MR) is 74.9 cm³/mol. The Morgan fingerprint density at radius 2 is 1.95 bits per heavy atom. The zero-order valence-electron chi connectivity index (χ0n) is 11.3. The first kappa shape index (κ1) is 14.0. The number of hydrogen-bond acceptors (Lipinski definition) is 4. The van der Waals surface area contributed by atoms with Crippen LogP contribution in [0.3, 0.4) is 0 Å². The molecule has 0 aromatic heterocycles. The smallest absolute Gasteiger partial charge is 0.165 e. The number of anilines is 1. The normalized spacial score (nSPS) is 10.2. The molecule has 4 nitrogen and oxygen atoms in total. The second-order valence-electron chi connectivity index (χ2n) is 4.17. The topological polar surface area (TPSA) is 50.7 Å².